The van der Waals surface area contributed by atoms with Crippen LogP contribution in [0.4, 0.5) is 0 Å². The number of hydrogen-bond donors (Lipinski definition) is 1. The molecular weight excluding hydrogens is 188 g/mol. The van der Waals surface area contributed by atoms with Gasteiger partial charge in [-0.1, -0.05) is 26.7 Å². The van der Waals surface area contributed by atoms with E-state index < -0.39 is 0 Å². The van der Waals surface area contributed by atoms with E-state index >= 15 is 0 Å². The van der Waals surface area contributed by atoms with Crippen molar-refractivity contribution in [2.24, 2.45) is 11.7 Å². The lowest BCUT2D eigenvalue weighted by molar-refractivity contribution is -0.135. The van der Waals surface area contributed by atoms with Crippen LogP contribution in [-0.4, -0.2) is 30.4 Å². The molecule has 1 unspecified atom stereocenters. The van der Waals surface area contributed by atoms with Crippen LogP contribution >= 0.6 is 0 Å². The number of nitrogens with zero attached hydrogens (tertiary/aromatic N) is 1. The Morgan fingerprint density at radius 1 is 1.27 bits per heavy atom. The molecule has 2 N–H and O–H groups in total. The Morgan fingerprint density at radius 2 is 1.93 bits per heavy atom. The minimum Gasteiger partial charge on any atom is -0.343 e. The van der Waals surface area contributed by atoms with Gasteiger partial charge in [-0.15, -0.1) is 0 Å². The van der Waals surface area contributed by atoms with E-state index in [2.05, 4.69) is 13.8 Å². The van der Waals surface area contributed by atoms with Gasteiger partial charge in [0.1, 0.15) is 0 Å². The molecule has 0 aromatic carbocycles. The minimum atomic E-state index is 0.0341. The predicted molar refractivity (Wildman–Crippen MR) is 64.6 cm³/mol. The molecule has 0 aromatic heterocycles. The standard InChI is InChI=1S/C12H26N2O/c1-4-7-9-14(6-3)12(15)11(10-13)8-5-2/h11H,4-10,13H2,1-3H3. The Labute approximate surface area is 94.0 Å². The van der Waals surface area contributed by atoms with E-state index in [-0.39, 0.29) is 11.8 Å². The molecule has 0 bridgehead atoms. The molecule has 1 atom stereocenters. The topological polar surface area (TPSA) is 46.3 Å². The second-order valence-electron chi connectivity index (χ2n) is 3.99. The lowest BCUT2D eigenvalue weighted by Gasteiger charge is -2.25. The zero-order valence-corrected chi connectivity index (χ0v) is 10.5. The summed E-state index contributed by atoms with van der Waals surface area (Å²) in [5, 5.41) is 0. The van der Waals surface area contributed by atoms with Gasteiger partial charge in [-0.25, -0.2) is 0 Å². The zero-order chi connectivity index (χ0) is 11.7. The molecule has 0 aliphatic carbocycles. The van der Waals surface area contributed by atoms with Crippen molar-refractivity contribution < 1.29 is 4.79 Å². The minimum absolute atomic E-state index is 0.0341. The van der Waals surface area contributed by atoms with E-state index in [0.29, 0.717) is 6.54 Å². The molecule has 0 spiro atoms. The monoisotopic (exact) mass is 214 g/mol. The van der Waals surface area contributed by atoms with Crippen LogP contribution in [0.2, 0.25) is 0 Å². The van der Waals surface area contributed by atoms with Gasteiger partial charge in [0.15, 0.2) is 0 Å². The highest BCUT2D eigenvalue weighted by Crippen LogP contribution is 2.10. The number of nitrogens with two attached hydrogens (primary N) is 1. The molecule has 3 nitrogen and oxygen atoms in total. The highest BCUT2D eigenvalue weighted by Gasteiger charge is 2.20. The normalized spacial score (nSPS) is 12.5. The van der Waals surface area contributed by atoms with Crippen molar-refractivity contribution in [1.82, 2.24) is 4.90 Å². The number of carbonyl (C=O) groups is 1. The van der Waals surface area contributed by atoms with Crippen LogP contribution in [0.5, 0.6) is 0 Å². The van der Waals surface area contributed by atoms with Gasteiger partial charge < -0.3 is 10.6 Å². The fourth-order valence-electron chi connectivity index (χ4n) is 1.72. The van der Waals surface area contributed by atoms with Crippen LogP contribution in [0, 0.1) is 5.92 Å². The van der Waals surface area contributed by atoms with Gasteiger partial charge in [-0.05, 0) is 19.8 Å². The maximum absolute atomic E-state index is 12.0. The third-order valence-corrected chi connectivity index (χ3v) is 2.75. The summed E-state index contributed by atoms with van der Waals surface area (Å²) in [6.45, 7) is 8.44. The van der Waals surface area contributed by atoms with Crippen LogP contribution in [-0.2, 0) is 4.79 Å². The average Bonchev–Trinajstić information content (AvgIpc) is 2.26. The van der Waals surface area contributed by atoms with Gasteiger partial charge >= 0.3 is 0 Å². The molecule has 0 radical (unpaired) electrons. The SMILES string of the molecule is CCCCN(CC)C(=O)C(CN)CCC. The Balaban J connectivity index is 4.20. The molecule has 0 aliphatic rings. The Morgan fingerprint density at radius 3 is 2.33 bits per heavy atom. The van der Waals surface area contributed by atoms with Crippen LogP contribution in [0.15, 0.2) is 0 Å². The van der Waals surface area contributed by atoms with E-state index in [1.165, 1.54) is 0 Å². The summed E-state index contributed by atoms with van der Waals surface area (Å²) in [4.78, 5) is 14.0. The first-order valence-electron chi connectivity index (χ1n) is 6.19. The molecule has 0 fully saturated rings. The fourth-order valence-corrected chi connectivity index (χ4v) is 1.72. The van der Waals surface area contributed by atoms with Crippen molar-refractivity contribution >= 4 is 5.91 Å². The molecule has 1 amide bonds. The van der Waals surface area contributed by atoms with Gasteiger partial charge in [-0.2, -0.15) is 0 Å². The van der Waals surface area contributed by atoms with E-state index in [0.717, 1.165) is 38.8 Å². The number of unbranched alkanes of at least 4 members (excludes halogenated alkanes) is 1. The molecule has 0 saturated heterocycles. The molecule has 15 heavy (non-hydrogen) atoms. The average molecular weight is 214 g/mol. The lowest BCUT2D eigenvalue weighted by Crippen LogP contribution is -2.39. The summed E-state index contributed by atoms with van der Waals surface area (Å²) < 4.78 is 0. The van der Waals surface area contributed by atoms with Gasteiger partial charge in [0.05, 0.1) is 5.92 Å². The summed E-state index contributed by atoms with van der Waals surface area (Å²) in [6.07, 6.45) is 4.16. The van der Waals surface area contributed by atoms with Gasteiger partial charge in [0.2, 0.25) is 5.91 Å². The molecule has 0 saturated carbocycles. The molecule has 90 valence electrons. The predicted octanol–water partition coefficient (Wildman–Crippen LogP) is 2.01. The Kier molecular flexibility index (Phi) is 8.38. The molecule has 0 rings (SSSR count). The maximum atomic E-state index is 12.0. The van der Waals surface area contributed by atoms with Crippen molar-refractivity contribution in [2.45, 2.75) is 46.5 Å². The van der Waals surface area contributed by atoms with Crippen molar-refractivity contribution in [3.8, 4) is 0 Å². The number of hydrogen-bond acceptors (Lipinski definition) is 2. The number of rotatable bonds is 8. The second kappa shape index (κ2) is 8.72. The first-order chi connectivity index (χ1) is 7.21. The van der Waals surface area contributed by atoms with Crippen molar-refractivity contribution in [3.63, 3.8) is 0 Å². The van der Waals surface area contributed by atoms with Gasteiger partial charge in [0, 0.05) is 19.6 Å². The molecule has 0 aliphatic heterocycles. The van der Waals surface area contributed by atoms with Crippen molar-refractivity contribution in [3.05, 3.63) is 0 Å². The Bertz CT molecular complexity index is 171. The van der Waals surface area contributed by atoms with E-state index in [9.17, 15) is 4.79 Å². The van der Waals surface area contributed by atoms with Crippen LogP contribution < -0.4 is 5.73 Å². The Hall–Kier alpha value is -0.570. The van der Waals surface area contributed by atoms with Gasteiger partial charge in [0.25, 0.3) is 0 Å². The summed E-state index contributed by atoms with van der Waals surface area (Å²) in [5.41, 5.74) is 5.63. The third kappa shape index (κ3) is 5.17. The third-order valence-electron chi connectivity index (χ3n) is 2.75. The van der Waals surface area contributed by atoms with Crippen LogP contribution in [0.3, 0.4) is 0 Å². The quantitative estimate of drug-likeness (QED) is 0.672. The van der Waals surface area contributed by atoms with Crippen molar-refractivity contribution in [1.29, 1.82) is 0 Å². The van der Waals surface area contributed by atoms with Gasteiger partial charge in [-0.3, -0.25) is 4.79 Å². The highest BCUT2D eigenvalue weighted by molar-refractivity contribution is 5.79. The van der Waals surface area contributed by atoms with Crippen LogP contribution in [0.25, 0.3) is 0 Å². The smallest absolute Gasteiger partial charge is 0.226 e. The molecular formula is C12H26N2O. The number of amides is 1. The second-order valence-corrected chi connectivity index (χ2v) is 3.99. The van der Waals surface area contributed by atoms with E-state index in [1.807, 2.05) is 11.8 Å². The zero-order valence-electron chi connectivity index (χ0n) is 10.5. The molecule has 0 aromatic rings. The van der Waals surface area contributed by atoms with E-state index in [4.69, 9.17) is 5.73 Å². The summed E-state index contributed by atoms with van der Waals surface area (Å²) >= 11 is 0. The maximum Gasteiger partial charge on any atom is 0.226 e. The first-order valence-corrected chi connectivity index (χ1v) is 6.19. The molecule has 0 heterocycles. The highest BCUT2D eigenvalue weighted by atomic mass is 16.2. The van der Waals surface area contributed by atoms with Crippen molar-refractivity contribution in [2.75, 3.05) is 19.6 Å². The lowest BCUT2D eigenvalue weighted by atomic mass is 10.0. The summed E-state index contributed by atoms with van der Waals surface area (Å²) in [7, 11) is 0. The fraction of sp³-hybridized carbons (Fsp3) is 0.917. The summed E-state index contributed by atoms with van der Waals surface area (Å²) in [6, 6.07) is 0. The summed E-state index contributed by atoms with van der Waals surface area (Å²) in [5.74, 6) is 0.280. The van der Waals surface area contributed by atoms with E-state index in [1.54, 1.807) is 0 Å². The van der Waals surface area contributed by atoms with Crippen LogP contribution in [0.1, 0.15) is 46.5 Å². The first kappa shape index (κ1) is 14.4. The largest absolute Gasteiger partial charge is 0.343 e. The molecule has 3 heteroatoms. The number of carbonyl (C=O) groups excluding carboxylic acids is 1.